The van der Waals surface area contributed by atoms with Crippen LogP contribution < -0.4 is 4.90 Å². The van der Waals surface area contributed by atoms with E-state index in [1.165, 1.54) is 0 Å². The first-order chi connectivity index (χ1) is 6.65. The summed E-state index contributed by atoms with van der Waals surface area (Å²) in [5, 5.41) is 18.1. The van der Waals surface area contributed by atoms with E-state index in [2.05, 4.69) is 0 Å². The van der Waals surface area contributed by atoms with Crippen LogP contribution in [0.25, 0.3) is 0 Å². The Balaban J connectivity index is 2.72. The molecule has 0 amide bonds. The number of nitrogens with zero attached hydrogens (tertiary/aromatic N) is 1. The molecule has 0 saturated heterocycles. The van der Waals surface area contributed by atoms with E-state index in [-0.39, 0.29) is 6.61 Å². The van der Waals surface area contributed by atoms with Gasteiger partial charge in [-0.3, -0.25) is 0 Å². The Morgan fingerprint density at radius 3 is 2.29 bits per heavy atom. The van der Waals surface area contributed by atoms with Gasteiger partial charge >= 0.3 is 0 Å². The number of hydrogen-bond donors (Lipinski definition) is 2. The van der Waals surface area contributed by atoms with E-state index in [4.69, 9.17) is 5.11 Å². The molecule has 0 aromatic heterocycles. The van der Waals surface area contributed by atoms with Crippen LogP contribution in [-0.2, 0) is 0 Å². The van der Waals surface area contributed by atoms with Gasteiger partial charge in [-0.05, 0) is 24.6 Å². The van der Waals surface area contributed by atoms with Crippen molar-refractivity contribution in [2.75, 3.05) is 25.1 Å². The maximum atomic E-state index is 9.30. The van der Waals surface area contributed by atoms with Crippen LogP contribution in [0.15, 0.2) is 24.3 Å². The summed E-state index contributed by atoms with van der Waals surface area (Å²) in [5.41, 5.74) is 1.95. The van der Waals surface area contributed by atoms with Crippen molar-refractivity contribution in [1.29, 1.82) is 0 Å². The molecule has 1 aromatic rings. The highest BCUT2D eigenvalue weighted by Crippen LogP contribution is 2.17. The van der Waals surface area contributed by atoms with E-state index in [1.807, 2.05) is 36.2 Å². The number of aliphatic hydroxyl groups is 2. The van der Waals surface area contributed by atoms with E-state index in [0.717, 1.165) is 11.3 Å². The van der Waals surface area contributed by atoms with Gasteiger partial charge in [0.25, 0.3) is 0 Å². The average molecular weight is 195 g/mol. The maximum absolute atomic E-state index is 9.30. The Morgan fingerprint density at radius 2 is 1.86 bits per heavy atom. The van der Waals surface area contributed by atoms with Crippen LogP contribution in [0.4, 0.5) is 5.69 Å². The molecule has 0 saturated carbocycles. The Bertz CT molecular complexity index is 269. The first-order valence-corrected chi connectivity index (χ1v) is 4.75. The van der Waals surface area contributed by atoms with Gasteiger partial charge in [0.05, 0.1) is 12.7 Å². The molecule has 0 fully saturated rings. The zero-order valence-electron chi connectivity index (χ0n) is 8.64. The number of anilines is 1. The minimum Gasteiger partial charge on any atom is -0.395 e. The Kier molecular flexibility index (Phi) is 3.92. The summed E-state index contributed by atoms with van der Waals surface area (Å²) in [5.74, 6) is 0. The number of benzene rings is 1. The van der Waals surface area contributed by atoms with Gasteiger partial charge in [0, 0.05) is 19.3 Å². The third-order valence-corrected chi connectivity index (χ3v) is 2.25. The van der Waals surface area contributed by atoms with Crippen molar-refractivity contribution < 1.29 is 10.2 Å². The molecule has 0 unspecified atom stereocenters. The van der Waals surface area contributed by atoms with Gasteiger partial charge in [0.1, 0.15) is 0 Å². The van der Waals surface area contributed by atoms with E-state index >= 15 is 0 Å². The molecule has 0 bridgehead atoms. The van der Waals surface area contributed by atoms with Crippen LogP contribution in [0.2, 0.25) is 0 Å². The molecule has 3 nitrogen and oxygen atoms in total. The normalized spacial score (nSPS) is 12.6. The summed E-state index contributed by atoms with van der Waals surface area (Å²) in [4.78, 5) is 1.96. The molecular weight excluding hydrogens is 178 g/mol. The molecule has 1 atom stereocenters. The van der Waals surface area contributed by atoms with Crippen LogP contribution in [0.5, 0.6) is 0 Å². The number of likely N-dealkylation sites (N-methyl/N-ethyl adjacent to an activating group) is 1. The molecule has 0 spiro atoms. The minimum absolute atomic E-state index is 0.147. The first kappa shape index (κ1) is 11.0. The highest BCUT2D eigenvalue weighted by Gasteiger charge is 2.02. The van der Waals surface area contributed by atoms with Crippen molar-refractivity contribution in [3.63, 3.8) is 0 Å². The summed E-state index contributed by atoms with van der Waals surface area (Å²) in [6.07, 6.45) is -0.424. The molecule has 0 radical (unpaired) electrons. The van der Waals surface area contributed by atoms with Crippen molar-refractivity contribution in [2.45, 2.75) is 13.0 Å². The second-order valence-corrected chi connectivity index (χ2v) is 3.41. The van der Waals surface area contributed by atoms with Crippen LogP contribution in [-0.4, -0.2) is 30.4 Å². The number of hydrogen-bond acceptors (Lipinski definition) is 3. The SMILES string of the molecule is C[C@@H](O)c1ccc(N(C)CCO)cc1. The van der Waals surface area contributed by atoms with E-state index in [1.54, 1.807) is 6.92 Å². The molecule has 2 N–H and O–H groups in total. The fourth-order valence-corrected chi connectivity index (χ4v) is 1.29. The van der Waals surface area contributed by atoms with Crippen molar-refractivity contribution >= 4 is 5.69 Å². The summed E-state index contributed by atoms with van der Waals surface area (Å²) in [6.45, 7) is 2.51. The zero-order chi connectivity index (χ0) is 10.6. The van der Waals surface area contributed by atoms with Gasteiger partial charge in [-0.2, -0.15) is 0 Å². The Morgan fingerprint density at radius 1 is 1.29 bits per heavy atom. The average Bonchev–Trinajstić information content (AvgIpc) is 2.18. The smallest absolute Gasteiger partial charge is 0.0761 e. The molecule has 0 heterocycles. The molecule has 0 aliphatic heterocycles. The predicted octanol–water partition coefficient (Wildman–Crippen LogP) is 1.17. The van der Waals surface area contributed by atoms with Crippen molar-refractivity contribution in [3.8, 4) is 0 Å². The molecule has 0 aliphatic rings. The molecule has 0 aliphatic carbocycles. The van der Waals surface area contributed by atoms with Gasteiger partial charge in [-0.25, -0.2) is 0 Å². The molecule has 3 heteroatoms. The van der Waals surface area contributed by atoms with Crippen LogP contribution in [0.3, 0.4) is 0 Å². The lowest BCUT2D eigenvalue weighted by Gasteiger charge is -2.18. The molecule has 1 aromatic carbocycles. The van der Waals surface area contributed by atoms with E-state index in [0.29, 0.717) is 6.54 Å². The van der Waals surface area contributed by atoms with Crippen LogP contribution >= 0.6 is 0 Å². The number of rotatable bonds is 4. The van der Waals surface area contributed by atoms with Crippen LogP contribution in [0.1, 0.15) is 18.6 Å². The highest BCUT2D eigenvalue weighted by molar-refractivity contribution is 5.47. The lowest BCUT2D eigenvalue weighted by molar-refractivity contribution is 0.199. The highest BCUT2D eigenvalue weighted by atomic mass is 16.3. The topological polar surface area (TPSA) is 43.7 Å². The van der Waals surface area contributed by atoms with Gasteiger partial charge < -0.3 is 15.1 Å². The zero-order valence-corrected chi connectivity index (χ0v) is 8.64. The van der Waals surface area contributed by atoms with Crippen molar-refractivity contribution in [1.82, 2.24) is 0 Å². The predicted molar refractivity (Wildman–Crippen MR) is 57.4 cm³/mol. The maximum Gasteiger partial charge on any atom is 0.0761 e. The Labute approximate surface area is 84.6 Å². The van der Waals surface area contributed by atoms with Crippen molar-refractivity contribution in [2.24, 2.45) is 0 Å². The standard InChI is InChI=1S/C11H17NO2/c1-9(14)10-3-5-11(6-4-10)12(2)7-8-13/h3-6,9,13-14H,7-8H2,1-2H3/t9-/m1/s1. The fourth-order valence-electron chi connectivity index (χ4n) is 1.29. The van der Waals surface area contributed by atoms with Gasteiger partial charge in [-0.15, -0.1) is 0 Å². The summed E-state index contributed by atoms with van der Waals surface area (Å²) in [6, 6.07) is 7.68. The first-order valence-electron chi connectivity index (χ1n) is 4.75. The molecular formula is C11H17NO2. The summed E-state index contributed by atoms with van der Waals surface area (Å²) >= 11 is 0. The van der Waals surface area contributed by atoms with Gasteiger partial charge in [0.2, 0.25) is 0 Å². The van der Waals surface area contributed by atoms with Gasteiger partial charge in [0.15, 0.2) is 0 Å². The quantitative estimate of drug-likeness (QED) is 0.758. The van der Waals surface area contributed by atoms with E-state index in [9.17, 15) is 5.11 Å². The minimum atomic E-state index is -0.424. The summed E-state index contributed by atoms with van der Waals surface area (Å²) < 4.78 is 0. The Hall–Kier alpha value is -1.06. The van der Waals surface area contributed by atoms with Crippen molar-refractivity contribution in [3.05, 3.63) is 29.8 Å². The second kappa shape index (κ2) is 4.98. The van der Waals surface area contributed by atoms with E-state index < -0.39 is 6.10 Å². The summed E-state index contributed by atoms with van der Waals surface area (Å²) in [7, 11) is 1.92. The second-order valence-electron chi connectivity index (χ2n) is 3.41. The number of aliphatic hydroxyl groups excluding tert-OH is 2. The fraction of sp³-hybridized carbons (Fsp3) is 0.455. The third kappa shape index (κ3) is 2.72. The lowest BCUT2D eigenvalue weighted by Crippen LogP contribution is -2.20. The monoisotopic (exact) mass is 195 g/mol. The largest absolute Gasteiger partial charge is 0.395 e. The van der Waals surface area contributed by atoms with Crippen LogP contribution in [0, 0.1) is 0 Å². The lowest BCUT2D eigenvalue weighted by atomic mass is 10.1. The van der Waals surface area contributed by atoms with Gasteiger partial charge in [-0.1, -0.05) is 12.1 Å². The molecule has 78 valence electrons. The third-order valence-electron chi connectivity index (χ3n) is 2.25. The molecule has 1 rings (SSSR count). The molecule has 14 heavy (non-hydrogen) atoms.